The number of allylic oxidation sites excluding steroid dienone is 1. The number of sulfonamides is 1. The van der Waals surface area contributed by atoms with Gasteiger partial charge in [-0.25, -0.2) is 13.6 Å². The number of amides is 1. The first kappa shape index (κ1) is 17.6. The van der Waals surface area contributed by atoms with Crippen molar-refractivity contribution in [1.82, 2.24) is 4.90 Å². The Kier molecular flexibility index (Phi) is 6.35. The predicted octanol–water partition coefficient (Wildman–Crippen LogP) is 0.0213. The van der Waals surface area contributed by atoms with Gasteiger partial charge in [0.1, 0.15) is 0 Å². The minimum Gasteiger partial charge on any atom is -0.469 e. The van der Waals surface area contributed by atoms with Gasteiger partial charge in [-0.1, -0.05) is 6.08 Å². The Morgan fingerprint density at radius 3 is 2.43 bits per heavy atom. The molecule has 7 nitrogen and oxygen atoms in total. The number of hydrogen-bond donors (Lipinski definition) is 1. The van der Waals surface area contributed by atoms with Crippen LogP contribution in [0.25, 0.3) is 0 Å². The molecule has 1 amide bonds. The summed E-state index contributed by atoms with van der Waals surface area (Å²) in [6, 6.07) is 0. The SMILES string of the molecule is C=CCC[C@H](C(=O)N1CCC(C(=O)OC)CC1)S(N)(=O)=O. The van der Waals surface area contributed by atoms with Gasteiger partial charge in [-0.3, -0.25) is 9.59 Å². The summed E-state index contributed by atoms with van der Waals surface area (Å²) in [5, 5.41) is 3.90. The molecule has 1 atom stereocenters. The number of nitrogens with two attached hydrogens (primary N) is 1. The molecule has 1 heterocycles. The number of ether oxygens (including phenoxy) is 1. The maximum atomic E-state index is 12.3. The van der Waals surface area contributed by atoms with Gasteiger partial charge in [0.2, 0.25) is 15.9 Å². The van der Waals surface area contributed by atoms with Crippen molar-refractivity contribution >= 4 is 21.9 Å². The monoisotopic (exact) mass is 318 g/mol. The fourth-order valence-corrected chi connectivity index (χ4v) is 3.30. The number of rotatable bonds is 6. The molecule has 0 aromatic carbocycles. The van der Waals surface area contributed by atoms with Gasteiger partial charge in [0.25, 0.3) is 0 Å². The summed E-state index contributed by atoms with van der Waals surface area (Å²) in [6.45, 7) is 4.18. The Balaban J connectivity index is 2.70. The molecule has 0 saturated carbocycles. The topological polar surface area (TPSA) is 107 Å². The molecule has 8 heteroatoms. The first-order valence-electron chi connectivity index (χ1n) is 6.80. The molecule has 0 spiro atoms. The summed E-state index contributed by atoms with van der Waals surface area (Å²) in [5.41, 5.74) is 0. The Hall–Kier alpha value is -1.41. The van der Waals surface area contributed by atoms with E-state index < -0.39 is 21.2 Å². The quantitative estimate of drug-likeness (QED) is 0.549. The molecule has 1 fully saturated rings. The number of carbonyl (C=O) groups excluding carboxylic acids is 2. The lowest BCUT2D eigenvalue weighted by molar-refractivity contribution is -0.148. The zero-order valence-electron chi connectivity index (χ0n) is 12.2. The number of methoxy groups -OCH3 is 1. The minimum atomic E-state index is -3.95. The predicted molar refractivity (Wildman–Crippen MR) is 77.6 cm³/mol. The highest BCUT2D eigenvalue weighted by molar-refractivity contribution is 7.90. The second kappa shape index (κ2) is 7.56. The molecule has 0 aliphatic carbocycles. The highest BCUT2D eigenvalue weighted by Crippen LogP contribution is 2.21. The fourth-order valence-electron chi connectivity index (χ4n) is 2.40. The molecular weight excluding hydrogens is 296 g/mol. The van der Waals surface area contributed by atoms with E-state index in [9.17, 15) is 18.0 Å². The lowest BCUT2D eigenvalue weighted by atomic mass is 9.96. The zero-order valence-corrected chi connectivity index (χ0v) is 13.0. The molecule has 1 aliphatic rings. The number of nitrogens with zero attached hydrogens (tertiary/aromatic N) is 1. The Morgan fingerprint density at radius 1 is 1.43 bits per heavy atom. The number of likely N-dealkylation sites (tertiary alicyclic amines) is 1. The van der Waals surface area contributed by atoms with Gasteiger partial charge in [-0.15, -0.1) is 6.58 Å². The summed E-state index contributed by atoms with van der Waals surface area (Å²) in [5.74, 6) is -1.03. The van der Waals surface area contributed by atoms with E-state index in [0.29, 0.717) is 32.4 Å². The average molecular weight is 318 g/mol. The highest BCUT2D eigenvalue weighted by Gasteiger charge is 2.35. The van der Waals surface area contributed by atoms with Crippen LogP contribution in [0.1, 0.15) is 25.7 Å². The van der Waals surface area contributed by atoms with E-state index in [1.54, 1.807) is 6.08 Å². The molecule has 1 rings (SSSR count). The third kappa shape index (κ3) is 4.82. The molecular formula is C13H22N2O5S. The summed E-state index contributed by atoms with van der Waals surface area (Å²) >= 11 is 0. The minimum absolute atomic E-state index is 0.123. The van der Waals surface area contributed by atoms with E-state index in [1.165, 1.54) is 12.0 Å². The molecule has 21 heavy (non-hydrogen) atoms. The molecule has 0 bridgehead atoms. The fraction of sp³-hybridized carbons (Fsp3) is 0.692. The third-order valence-electron chi connectivity index (χ3n) is 3.65. The van der Waals surface area contributed by atoms with E-state index in [-0.39, 0.29) is 18.3 Å². The van der Waals surface area contributed by atoms with E-state index >= 15 is 0 Å². The van der Waals surface area contributed by atoms with Crippen molar-refractivity contribution in [3.8, 4) is 0 Å². The average Bonchev–Trinajstić information content (AvgIpc) is 2.45. The Bertz CT molecular complexity index is 495. The van der Waals surface area contributed by atoms with Crippen LogP contribution in [0.2, 0.25) is 0 Å². The largest absolute Gasteiger partial charge is 0.469 e. The van der Waals surface area contributed by atoms with Crippen LogP contribution in [0.4, 0.5) is 0 Å². The van der Waals surface area contributed by atoms with Crippen LogP contribution in [0.15, 0.2) is 12.7 Å². The van der Waals surface area contributed by atoms with Crippen molar-refractivity contribution in [3.05, 3.63) is 12.7 Å². The maximum Gasteiger partial charge on any atom is 0.308 e. The second-order valence-electron chi connectivity index (χ2n) is 5.07. The second-order valence-corrected chi connectivity index (χ2v) is 6.81. The van der Waals surface area contributed by atoms with Gasteiger partial charge in [0.15, 0.2) is 5.25 Å². The number of esters is 1. The lowest BCUT2D eigenvalue weighted by Crippen LogP contribution is -2.49. The standard InChI is InChI=1S/C13H22N2O5S/c1-3-4-5-11(21(14,18)19)12(16)15-8-6-10(7-9-15)13(17)20-2/h3,10-11H,1,4-9H2,2H3,(H2,14,18,19)/t11-/m1/s1. The van der Waals surface area contributed by atoms with Gasteiger partial charge < -0.3 is 9.64 Å². The first-order chi connectivity index (χ1) is 9.81. The zero-order chi connectivity index (χ0) is 16.0. The first-order valence-corrected chi connectivity index (χ1v) is 8.41. The number of hydrogen-bond acceptors (Lipinski definition) is 5. The van der Waals surface area contributed by atoms with Gasteiger partial charge >= 0.3 is 5.97 Å². The molecule has 120 valence electrons. The molecule has 0 aromatic heterocycles. The molecule has 0 unspecified atom stereocenters. The van der Waals surface area contributed by atoms with Crippen LogP contribution in [-0.4, -0.2) is 50.6 Å². The molecule has 1 aliphatic heterocycles. The number of carbonyl (C=O) groups is 2. The summed E-state index contributed by atoms with van der Waals surface area (Å²) in [7, 11) is -2.63. The van der Waals surface area contributed by atoms with Gasteiger partial charge in [0.05, 0.1) is 13.0 Å². The summed E-state index contributed by atoms with van der Waals surface area (Å²) < 4.78 is 27.8. The Labute approximate surface area is 125 Å². The molecule has 0 aromatic rings. The third-order valence-corrected chi connectivity index (χ3v) is 4.88. The normalized spacial score (nSPS) is 18.1. The molecule has 2 N–H and O–H groups in total. The summed E-state index contributed by atoms with van der Waals surface area (Å²) in [6.07, 6.45) is 3.01. The van der Waals surface area contributed by atoms with Crippen LogP contribution in [-0.2, 0) is 24.3 Å². The molecule has 0 radical (unpaired) electrons. The smallest absolute Gasteiger partial charge is 0.308 e. The van der Waals surface area contributed by atoms with Crippen LogP contribution >= 0.6 is 0 Å². The lowest BCUT2D eigenvalue weighted by Gasteiger charge is -2.32. The van der Waals surface area contributed by atoms with Crippen molar-refractivity contribution in [2.24, 2.45) is 11.1 Å². The maximum absolute atomic E-state index is 12.3. The molecule has 1 saturated heterocycles. The van der Waals surface area contributed by atoms with Crippen LogP contribution in [0, 0.1) is 5.92 Å². The van der Waals surface area contributed by atoms with E-state index in [0.717, 1.165) is 0 Å². The Morgan fingerprint density at radius 2 is 2.00 bits per heavy atom. The van der Waals surface area contributed by atoms with Gasteiger partial charge in [-0.05, 0) is 25.7 Å². The van der Waals surface area contributed by atoms with Crippen molar-refractivity contribution in [2.75, 3.05) is 20.2 Å². The van der Waals surface area contributed by atoms with Crippen LogP contribution in [0.3, 0.4) is 0 Å². The van der Waals surface area contributed by atoms with E-state index in [4.69, 9.17) is 5.14 Å². The number of primary sulfonamides is 1. The van der Waals surface area contributed by atoms with Crippen molar-refractivity contribution < 1.29 is 22.7 Å². The van der Waals surface area contributed by atoms with Crippen molar-refractivity contribution in [1.29, 1.82) is 0 Å². The van der Waals surface area contributed by atoms with Gasteiger partial charge in [-0.2, -0.15) is 0 Å². The number of piperidine rings is 1. The highest BCUT2D eigenvalue weighted by atomic mass is 32.2. The van der Waals surface area contributed by atoms with Crippen LogP contribution < -0.4 is 5.14 Å². The van der Waals surface area contributed by atoms with E-state index in [2.05, 4.69) is 11.3 Å². The summed E-state index contributed by atoms with van der Waals surface area (Å²) in [4.78, 5) is 25.2. The van der Waals surface area contributed by atoms with Crippen LogP contribution in [0.5, 0.6) is 0 Å². The van der Waals surface area contributed by atoms with Gasteiger partial charge in [0, 0.05) is 13.1 Å². The van der Waals surface area contributed by atoms with E-state index in [1.807, 2.05) is 0 Å². The van der Waals surface area contributed by atoms with Crippen molar-refractivity contribution in [2.45, 2.75) is 30.9 Å². The van der Waals surface area contributed by atoms with Crippen molar-refractivity contribution in [3.63, 3.8) is 0 Å².